The second kappa shape index (κ2) is 7.37. The van der Waals surface area contributed by atoms with Crippen LogP contribution in [0.15, 0.2) is 48.5 Å². The van der Waals surface area contributed by atoms with Gasteiger partial charge in [0.25, 0.3) is 0 Å². The van der Waals surface area contributed by atoms with Gasteiger partial charge in [-0.05, 0) is 43.7 Å². The van der Waals surface area contributed by atoms with E-state index >= 15 is 0 Å². The van der Waals surface area contributed by atoms with Crippen molar-refractivity contribution in [3.8, 4) is 5.75 Å². The Labute approximate surface area is 132 Å². The molecular formula is C18H22ClNO. The van der Waals surface area contributed by atoms with E-state index in [9.17, 15) is 5.11 Å². The van der Waals surface area contributed by atoms with Gasteiger partial charge in [0.1, 0.15) is 5.75 Å². The molecule has 0 amide bonds. The molecule has 1 unspecified atom stereocenters. The van der Waals surface area contributed by atoms with Crippen molar-refractivity contribution in [3.05, 3.63) is 59.1 Å². The number of hydrogen-bond acceptors (Lipinski definition) is 2. The van der Waals surface area contributed by atoms with Crippen LogP contribution in [0.4, 0.5) is 5.69 Å². The zero-order valence-corrected chi connectivity index (χ0v) is 13.3. The first kappa shape index (κ1) is 15.7. The van der Waals surface area contributed by atoms with Crippen molar-refractivity contribution in [2.75, 3.05) is 11.4 Å². The number of phenolic OH excluding ortho intramolecular Hbond substituents is 1. The molecule has 21 heavy (non-hydrogen) atoms. The van der Waals surface area contributed by atoms with Crippen LogP contribution in [0.25, 0.3) is 0 Å². The van der Waals surface area contributed by atoms with Gasteiger partial charge < -0.3 is 10.0 Å². The molecule has 2 nitrogen and oxygen atoms in total. The van der Waals surface area contributed by atoms with Gasteiger partial charge in [-0.25, -0.2) is 0 Å². The summed E-state index contributed by atoms with van der Waals surface area (Å²) in [7, 11) is 0. The lowest BCUT2D eigenvalue weighted by atomic mass is 10.0. The number of benzene rings is 2. The molecule has 0 aliphatic carbocycles. The maximum atomic E-state index is 10.1. The molecule has 1 N–H and O–H groups in total. The fraction of sp³-hybridized carbons (Fsp3) is 0.333. The molecule has 0 aromatic heterocycles. The summed E-state index contributed by atoms with van der Waals surface area (Å²) in [6.45, 7) is 5.24. The van der Waals surface area contributed by atoms with Gasteiger partial charge in [-0.2, -0.15) is 0 Å². The lowest BCUT2D eigenvalue weighted by molar-refractivity contribution is 0.460. The minimum atomic E-state index is 0.0673. The molecule has 1 atom stereocenters. The van der Waals surface area contributed by atoms with Crippen molar-refractivity contribution in [3.63, 3.8) is 0 Å². The van der Waals surface area contributed by atoms with Crippen molar-refractivity contribution >= 4 is 17.3 Å². The summed E-state index contributed by atoms with van der Waals surface area (Å²) >= 11 is 6.09. The van der Waals surface area contributed by atoms with E-state index in [4.69, 9.17) is 11.6 Å². The quantitative estimate of drug-likeness (QED) is 0.771. The smallest absolute Gasteiger partial charge is 0.120 e. The van der Waals surface area contributed by atoms with Crippen LogP contribution in [-0.2, 0) is 0 Å². The lowest BCUT2D eigenvalue weighted by Gasteiger charge is -2.32. The predicted octanol–water partition coefficient (Wildman–Crippen LogP) is 5.41. The Morgan fingerprint density at radius 3 is 2.52 bits per heavy atom. The van der Waals surface area contributed by atoms with Crippen LogP contribution in [0, 0.1) is 0 Å². The third-order valence-electron chi connectivity index (χ3n) is 3.75. The predicted molar refractivity (Wildman–Crippen MR) is 90.2 cm³/mol. The Hall–Kier alpha value is -1.67. The normalized spacial score (nSPS) is 12.1. The van der Waals surface area contributed by atoms with E-state index in [-0.39, 0.29) is 6.04 Å². The Balaban J connectivity index is 2.33. The highest BCUT2D eigenvalue weighted by molar-refractivity contribution is 6.30. The van der Waals surface area contributed by atoms with Gasteiger partial charge in [0, 0.05) is 22.8 Å². The molecule has 0 bridgehead atoms. The molecule has 112 valence electrons. The Morgan fingerprint density at radius 1 is 1.14 bits per heavy atom. The number of hydrogen-bond donors (Lipinski definition) is 1. The van der Waals surface area contributed by atoms with Crippen LogP contribution < -0.4 is 4.90 Å². The van der Waals surface area contributed by atoms with E-state index in [2.05, 4.69) is 30.9 Å². The number of phenols is 1. The molecule has 3 heteroatoms. The van der Waals surface area contributed by atoms with Crippen LogP contribution in [-0.4, -0.2) is 11.7 Å². The Bertz CT molecular complexity index is 571. The van der Waals surface area contributed by atoms with Gasteiger partial charge in [0.05, 0.1) is 6.04 Å². The monoisotopic (exact) mass is 303 g/mol. The van der Waals surface area contributed by atoms with Crippen LogP contribution in [0.2, 0.25) is 5.02 Å². The molecule has 0 heterocycles. The fourth-order valence-corrected chi connectivity index (χ4v) is 2.70. The van der Waals surface area contributed by atoms with E-state index in [0.29, 0.717) is 10.8 Å². The number of rotatable bonds is 6. The molecule has 0 aliphatic heterocycles. The van der Waals surface area contributed by atoms with E-state index in [0.717, 1.165) is 30.6 Å². The van der Waals surface area contributed by atoms with Crippen molar-refractivity contribution in [1.82, 2.24) is 0 Å². The highest BCUT2D eigenvalue weighted by atomic mass is 35.5. The number of unbranched alkanes of at least 4 members (excludes halogenated alkanes) is 1. The second-order valence-corrected chi connectivity index (χ2v) is 5.70. The summed E-state index contributed by atoms with van der Waals surface area (Å²) in [6, 6.07) is 15.6. The van der Waals surface area contributed by atoms with Crippen molar-refractivity contribution in [1.29, 1.82) is 0 Å². The molecule has 2 rings (SSSR count). The van der Waals surface area contributed by atoms with Crippen LogP contribution in [0.1, 0.15) is 38.3 Å². The number of nitrogens with zero attached hydrogens (tertiary/aromatic N) is 1. The van der Waals surface area contributed by atoms with Gasteiger partial charge in [-0.3, -0.25) is 0 Å². The summed E-state index contributed by atoms with van der Waals surface area (Å²) in [4.78, 5) is 2.31. The average molecular weight is 304 g/mol. The number of aromatic hydroxyl groups is 1. The zero-order chi connectivity index (χ0) is 15.2. The number of anilines is 1. The van der Waals surface area contributed by atoms with Gasteiger partial charge in [0.15, 0.2) is 0 Å². The Kier molecular flexibility index (Phi) is 5.51. The van der Waals surface area contributed by atoms with E-state index in [1.165, 1.54) is 0 Å². The largest absolute Gasteiger partial charge is 0.508 e. The summed E-state index contributed by atoms with van der Waals surface area (Å²) in [6.07, 6.45) is 2.25. The standard InChI is InChI=1S/C18H22ClNO/c1-3-4-12-20(16-8-6-5-7-9-16)14(2)17-13-15(19)10-11-18(17)21/h5-11,13-14,21H,3-4,12H2,1-2H3. The first-order valence-electron chi connectivity index (χ1n) is 7.43. The molecule has 2 aromatic carbocycles. The summed E-state index contributed by atoms with van der Waals surface area (Å²) in [5.41, 5.74) is 2.03. The molecular weight excluding hydrogens is 282 g/mol. The van der Waals surface area contributed by atoms with E-state index < -0.39 is 0 Å². The summed E-state index contributed by atoms with van der Waals surface area (Å²) < 4.78 is 0. The van der Waals surface area contributed by atoms with Crippen LogP contribution in [0.5, 0.6) is 5.75 Å². The number of halogens is 1. The third kappa shape index (κ3) is 3.92. The van der Waals surface area contributed by atoms with Gasteiger partial charge in [-0.15, -0.1) is 0 Å². The third-order valence-corrected chi connectivity index (χ3v) is 3.98. The maximum absolute atomic E-state index is 10.1. The summed E-state index contributed by atoms with van der Waals surface area (Å²) in [5.74, 6) is 0.296. The van der Waals surface area contributed by atoms with Crippen LogP contribution in [0.3, 0.4) is 0 Å². The van der Waals surface area contributed by atoms with Gasteiger partial charge >= 0.3 is 0 Å². The van der Waals surface area contributed by atoms with E-state index in [1.54, 1.807) is 12.1 Å². The highest BCUT2D eigenvalue weighted by Gasteiger charge is 2.19. The highest BCUT2D eigenvalue weighted by Crippen LogP contribution is 2.33. The zero-order valence-electron chi connectivity index (χ0n) is 12.6. The minimum absolute atomic E-state index is 0.0673. The molecule has 0 fully saturated rings. The van der Waals surface area contributed by atoms with Crippen molar-refractivity contribution < 1.29 is 5.11 Å². The van der Waals surface area contributed by atoms with Gasteiger partial charge in [-0.1, -0.05) is 43.1 Å². The fourth-order valence-electron chi connectivity index (χ4n) is 2.52. The number of para-hydroxylation sites is 1. The first-order valence-corrected chi connectivity index (χ1v) is 7.81. The SMILES string of the molecule is CCCCN(c1ccccc1)C(C)c1cc(Cl)ccc1O. The lowest BCUT2D eigenvalue weighted by Crippen LogP contribution is -2.28. The molecule has 2 aromatic rings. The minimum Gasteiger partial charge on any atom is -0.508 e. The topological polar surface area (TPSA) is 23.5 Å². The van der Waals surface area contributed by atoms with Crippen molar-refractivity contribution in [2.45, 2.75) is 32.7 Å². The van der Waals surface area contributed by atoms with Gasteiger partial charge in [0.2, 0.25) is 0 Å². The molecule has 0 radical (unpaired) electrons. The molecule has 0 aliphatic rings. The molecule has 0 saturated carbocycles. The van der Waals surface area contributed by atoms with Crippen LogP contribution >= 0.6 is 11.6 Å². The average Bonchev–Trinajstić information content (AvgIpc) is 2.51. The summed E-state index contributed by atoms with van der Waals surface area (Å²) in [5, 5.41) is 10.8. The van der Waals surface area contributed by atoms with E-state index in [1.807, 2.05) is 24.3 Å². The Morgan fingerprint density at radius 2 is 1.86 bits per heavy atom. The molecule has 0 spiro atoms. The molecule has 0 saturated heterocycles. The maximum Gasteiger partial charge on any atom is 0.120 e. The van der Waals surface area contributed by atoms with Crippen molar-refractivity contribution in [2.24, 2.45) is 0 Å². The first-order chi connectivity index (χ1) is 10.1. The second-order valence-electron chi connectivity index (χ2n) is 5.26.